The SMILES string of the molecule is CC1(C)CC(=O)c2ccc(C#Cc3cc(N)cc(F)c3)nc2C1. The lowest BCUT2D eigenvalue weighted by atomic mass is 9.75. The second kappa shape index (κ2) is 5.51. The first-order chi connectivity index (χ1) is 10.8. The number of Topliss-reactive ketones (excluding diaryl/α,β-unsaturated/α-hetero) is 1. The lowest BCUT2D eigenvalue weighted by Gasteiger charge is -2.29. The molecule has 1 aromatic heterocycles. The zero-order chi connectivity index (χ0) is 16.6. The van der Waals surface area contributed by atoms with Gasteiger partial charge in [0.1, 0.15) is 11.5 Å². The summed E-state index contributed by atoms with van der Waals surface area (Å²) in [5, 5.41) is 0. The Bertz CT molecular complexity index is 839. The summed E-state index contributed by atoms with van der Waals surface area (Å²) in [6.45, 7) is 4.12. The summed E-state index contributed by atoms with van der Waals surface area (Å²) in [7, 11) is 0. The Kier molecular flexibility index (Phi) is 3.65. The number of pyridine rings is 1. The van der Waals surface area contributed by atoms with Crippen LogP contribution in [0.15, 0.2) is 30.3 Å². The van der Waals surface area contributed by atoms with Gasteiger partial charge in [0, 0.05) is 23.2 Å². The maximum atomic E-state index is 13.3. The number of hydrogen-bond donors (Lipinski definition) is 1. The number of carbonyl (C=O) groups excluding carboxylic acids is 1. The highest BCUT2D eigenvalue weighted by molar-refractivity contribution is 5.98. The summed E-state index contributed by atoms with van der Waals surface area (Å²) in [6, 6.07) is 7.69. The van der Waals surface area contributed by atoms with Crippen molar-refractivity contribution in [3.63, 3.8) is 0 Å². The number of nitrogens with zero attached hydrogens (tertiary/aromatic N) is 1. The molecular formula is C19H17FN2O. The molecule has 23 heavy (non-hydrogen) atoms. The smallest absolute Gasteiger partial charge is 0.165 e. The van der Waals surface area contributed by atoms with E-state index < -0.39 is 5.82 Å². The molecule has 1 aliphatic rings. The van der Waals surface area contributed by atoms with Crippen LogP contribution in [0, 0.1) is 23.1 Å². The molecule has 3 nitrogen and oxygen atoms in total. The summed E-state index contributed by atoms with van der Waals surface area (Å²) in [4.78, 5) is 16.6. The first-order valence-corrected chi connectivity index (χ1v) is 7.44. The maximum Gasteiger partial charge on any atom is 0.165 e. The number of fused-ring (bicyclic) bond motifs is 1. The monoisotopic (exact) mass is 308 g/mol. The van der Waals surface area contributed by atoms with Crippen molar-refractivity contribution in [1.29, 1.82) is 0 Å². The second-order valence-electron chi connectivity index (χ2n) is 6.65. The molecule has 0 atom stereocenters. The van der Waals surface area contributed by atoms with Crippen LogP contribution in [-0.2, 0) is 6.42 Å². The molecule has 0 spiro atoms. The number of nitrogen functional groups attached to an aromatic ring is 1. The number of carbonyl (C=O) groups is 1. The average Bonchev–Trinajstić information content (AvgIpc) is 2.42. The summed E-state index contributed by atoms with van der Waals surface area (Å²) in [6.07, 6.45) is 1.28. The van der Waals surface area contributed by atoms with Crippen LogP contribution in [0.5, 0.6) is 0 Å². The Balaban J connectivity index is 1.94. The van der Waals surface area contributed by atoms with Gasteiger partial charge in [0.05, 0.1) is 5.69 Å². The van der Waals surface area contributed by atoms with Crippen molar-refractivity contribution in [2.24, 2.45) is 5.41 Å². The highest BCUT2D eigenvalue weighted by atomic mass is 19.1. The largest absolute Gasteiger partial charge is 0.399 e. The van der Waals surface area contributed by atoms with Crippen molar-refractivity contribution in [3.05, 3.63) is 58.7 Å². The predicted molar refractivity (Wildman–Crippen MR) is 87.5 cm³/mol. The van der Waals surface area contributed by atoms with E-state index in [-0.39, 0.29) is 11.2 Å². The molecular weight excluding hydrogens is 291 g/mol. The number of benzene rings is 1. The third kappa shape index (κ3) is 3.40. The normalized spacial score (nSPS) is 15.5. The minimum Gasteiger partial charge on any atom is -0.399 e. The highest BCUT2D eigenvalue weighted by Crippen LogP contribution is 2.33. The lowest BCUT2D eigenvalue weighted by molar-refractivity contribution is 0.0910. The third-order valence-electron chi connectivity index (χ3n) is 3.81. The molecule has 4 heteroatoms. The molecule has 0 bridgehead atoms. The fraction of sp³-hybridized carbons (Fsp3) is 0.263. The molecule has 0 radical (unpaired) electrons. The van der Waals surface area contributed by atoms with E-state index in [2.05, 4.69) is 30.7 Å². The quantitative estimate of drug-likeness (QED) is 0.600. The van der Waals surface area contributed by atoms with E-state index in [9.17, 15) is 9.18 Å². The Morgan fingerprint density at radius 3 is 2.70 bits per heavy atom. The number of nitrogens with two attached hydrogens (primary N) is 1. The van der Waals surface area contributed by atoms with E-state index >= 15 is 0 Å². The molecule has 1 aromatic carbocycles. The Morgan fingerprint density at radius 2 is 1.96 bits per heavy atom. The lowest BCUT2D eigenvalue weighted by Crippen LogP contribution is -2.28. The summed E-state index contributed by atoms with van der Waals surface area (Å²) in [5.41, 5.74) is 8.39. The van der Waals surface area contributed by atoms with Crippen LogP contribution in [-0.4, -0.2) is 10.8 Å². The first kappa shape index (κ1) is 15.2. The summed E-state index contributed by atoms with van der Waals surface area (Å²) in [5.74, 6) is 5.49. The van der Waals surface area contributed by atoms with Gasteiger partial charge in [0.2, 0.25) is 0 Å². The van der Waals surface area contributed by atoms with Crippen LogP contribution in [0.3, 0.4) is 0 Å². The molecule has 0 amide bonds. The van der Waals surface area contributed by atoms with Crippen molar-refractivity contribution in [2.45, 2.75) is 26.7 Å². The average molecular weight is 308 g/mol. The van der Waals surface area contributed by atoms with Gasteiger partial charge in [-0.15, -0.1) is 0 Å². The van der Waals surface area contributed by atoms with E-state index in [1.807, 2.05) is 0 Å². The van der Waals surface area contributed by atoms with Crippen LogP contribution < -0.4 is 5.73 Å². The van der Waals surface area contributed by atoms with Crippen molar-refractivity contribution >= 4 is 11.5 Å². The van der Waals surface area contributed by atoms with E-state index in [0.717, 1.165) is 12.1 Å². The second-order valence-corrected chi connectivity index (χ2v) is 6.65. The van der Waals surface area contributed by atoms with Crippen LogP contribution in [0.25, 0.3) is 0 Å². The van der Waals surface area contributed by atoms with Crippen molar-refractivity contribution in [3.8, 4) is 11.8 Å². The molecule has 1 aliphatic carbocycles. The Morgan fingerprint density at radius 1 is 1.17 bits per heavy atom. The molecule has 116 valence electrons. The molecule has 2 aromatic rings. The van der Waals surface area contributed by atoms with Crippen molar-refractivity contribution in [2.75, 3.05) is 5.73 Å². The highest BCUT2D eigenvalue weighted by Gasteiger charge is 2.31. The fourth-order valence-corrected chi connectivity index (χ4v) is 2.83. The Hall–Kier alpha value is -2.67. The zero-order valence-electron chi connectivity index (χ0n) is 13.1. The number of aromatic nitrogens is 1. The van der Waals surface area contributed by atoms with Gasteiger partial charge in [0.15, 0.2) is 5.78 Å². The molecule has 0 aliphatic heterocycles. The van der Waals surface area contributed by atoms with Gasteiger partial charge in [-0.2, -0.15) is 0 Å². The van der Waals surface area contributed by atoms with Gasteiger partial charge in [-0.3, -0.25) is 4.79 Å². The number of halogens is 1. The number of hydrogen-bond acceptors (Lipinski definition) is 3. The van der Waals surface area contributed by atoms with E-state index in [1.165, 1.54) is 12.1 Å². The van der Waals surface area contributed by atoms with Crippen LogP contribution in [0.4, 0.5) is 10.1 Å². The van der Waals surface area contributed by atoms with Gasteiger partial charge in [0.25, 0.3) is 0 Å². The minimum atomic E-state index is -0.417. The van der Waals surface area contributed by atoms with Gasteiger partial charge < -0.3 is 5.73 Å². The van der Waals surface area contributed by atoms with E-state index in [4.69, 9.17) is 5.73 Å². The summed E-state index contributed by atoms with van der Waals surface area (Å²) < 4.78 is 13.3. The van der Waals surface area contributed by atoms with Gasteiger partial charge in [-0.25, -0.2) is 9.37 Å². The third-order valence-corrected chi connectivity index (χ3v) is 3.81. The molecule has 2 N–H and O–H groups in total. The molecule has 0 fully saturated rings. The summed E-state index contributed by atoms with van der Waals surface area (Å²) >= 11 is 0. The van der Waals surface area contributed by atoms with Crippen molar-refractivity contribution in [1.82, 2.24) is 4.98 Å². The molecule has 0 saturated heterocycles. The predicted octanol–water partition coefficient (Wildman–Crippen LogP) is 3.36. The fourth-order valence-electron chi connectivity index (χ4n) is 2.83. The van der Waals surface area contributed by atoms with Gasteiger partial charge in [-0.1, -0.05) is 19.8 Å². The minimum absolute atomic E-state index is 0.0832. The van der Waals surface area contributed by atoms with Gasteiger partial charge >= 0.3 is 0 Å². The van der Waals surface area contributed by atoms with Gasteiger partial charge in [-0.05, 0) is 48.1 Å². The van der Waals surface area contributed by atoms with Crippen LogP contribution in [0.1, 0.15) is 47.6 Å². The van der Waals surface area contributed by atoms with E-state index in [0.29, 0.717) is 28.9 Å². The topological polar surface area (TPSA) is 56.0 Å². The standard InChI is InChI=1S/C19H17FN2O/c1-19(2)10-17-16(18(23)11-19)6-5-15(22-17)4-3-12-7-13(20)9-14(21)8-12/h5-9H,10-11,21H2,1-2H3. The number of anilines is 1. The van der Waals surface area contributed by atoms with Crippen molar-refractivity contribution < 1.29 is 9.18 Å². The molecule has 3 rings (SSSR count). The first-order valence-electron chi connectivity index (χ1n) is 7.44. The number of rotatable bonds is 0. The van der Waals surface area contributed by atoms with Crippen LogP contribution >= 0.6 is 0 Å². The number of ketones is 1. The van der Waals surface area contributed by atoms with Crippen LogP contribution in [0.2, 0.25) is 0 Å². The molecule has 0 unspecified atom stereocenters. The Labute approximate surface area is 134 Å². The maximum absolute atomic E-state index is 13.3. The zero-order valence-corrected chi connectivity index (χ0v) is 13.1. The van der Waals surface area contributed by atoms with E-state index in [1.54, 1.807) is 18.2 Å². The molecule has 1 heterocycles. The molecule has 0 saturated carbocycles.